The molecule has 1 aliphatic rings. The van der Waals surface area contributed by atoms with E-state index in [-0.39, 0.29) is 0 Å². The molecule has 1 amide bonds. The predicted octanol–water partition coefficient (Wildman–Crippen LogP) is 3.98. The van der Waals surface area contributed by atoms with Crippen LogP contribution < -0.4 is 5.32 Å². The van der Waals surface area contributed by atoms with Gasteiger partial charge in [-0.3, -0.25) is 5.32 Å². The second-order valence-electron chi connectivity index (χ2n) is 6.57. The van der Waals surface area contributed by atoms with Crippen LogP contribution in [0, 0.1) is 0 Å². The van der Waals surface area contributed by atoms with Crippen LogP contribution in [-0.4, -0.2) is 23.0 Å². The van der Waals surface area contributed by atoms with Crippen LogP contribution in [0.2, 0.25) is 0 Å². The Morgan fingerprint density at radius 1 is 1.48 bits per heavy atom. The SMILES string of the molecule is CC(C)(C)OC(=O)Nc1nc(-c2ccco2)c(C2(C=O)CC2)s1. The van der Waals surface area contributed by atoms with E-state index in [1.165, 1.54) is 11.3 Å². The fourth-order valence-corrected chi connectivity index (χ4v) is 3.38. The first-order chi connectivity index (χ1) is 10.8. The van der Waals surface area contributed by atoms with Gasteiger partial charge in [-0.2, -0.15) is 0 Å². The van der Waals surface area contributed by atoms with Crippen molar-refractivity contribution in [2.24, 2.45) is 0 Å². The average molecular weight is 334 g/mol. The number of anilines is 1. The third-order valence-electron chi connectivity index (χ3n) is 3.46. The molecule has 0 aliphatic heterocycles. The van der Waals surface area contributed by atoms with Gasteiger partial charge in [0, 0.05) is 0 Å². The molecule has 0 spiro atoms. The average Bonchev–Trinajstić information content (AvgIpc) is 2.87. The van der Waals surface area contributed by atoms with Crippen molar-refractivity contribution in [3.63, 3.8) is 0 Å². The second kappa shape index (κ2) is 5.49. The Balaban J connectivity index is 1.90. The predicted molar refractivity (Wildman–Crippen MR) is 86.6 cm³/mol. The van der Waals surface area contributed by atoms with Gasteiger partial charge in [-0.05, 0) is 45.7 Å². The number of thiazole rings is 1. The van der Waals surface area contributed by atoms with Crippen LogP contribution in [0.25, 0.3) is 11.5 Å². The van der Waals surface area contributed by atoms with Gasteiger partial charge in [-0.1, -0.05) is 11.3 Å². The Hall–Kier alpha value is -2.15. The number of nitrogens with zero attached hydrogens (tertiary/aromatic N) is 1. The fourth-order valence-electron chi connectivity index (χ4n) is 2.22. The maximum atomic E-state index is 11.9. The molecule has 23 heavy (non-hydrogen) atoms. The number of hydrogen-bond donors (Lipinski definition) is 1. The highest BCUT2D eigenvalue weighted by Crippen LogP contribution is 2.52. The van der Waals surface area contributed by atoms with Crippen LogP contribution in [-0.2, 0) is 14.9 Å². The van der Waals surface area contributed by atoms with Crippen LogP contribution in [0.1, 0.15) is 38.5 Å². The molecule has 2 heterocycles. The molecule has 2 aromatic rings. The molecule has 0 aromatic carbocycles. The van der Waals surface area contributed by atoms with Crippen molar-refractivity contribution in [1.29, 1.82) is 0 Å². The molecule has 1 fully saturated rings. The number of ether oxygens (including phenoxy) is 1. The number of nitrogens with one attached hydrogen (secondary N) is 1. The van der Waals surface area contributed by atoms with E-state index in [0.29, 0.717) is 16.6 Å². The lowest BCUT2D eigenvalue weighted by molar-refractivity contribution is -0.109. The lowest BCUT2D eigenvalue weighted by atomic mass is 10.0. The van der Waals surface area contributed by atoms with Gasteiger partial charge in [0.1, 0.15) is 17.6 Å². The van der Waals surface area contributed by atoms with Crippen LogP contribution in [0.4, 0.5) is 9.93 Å². The summed E-state index contributed by atoms with van der Waals surface area (Å²) in [5.74, 6) is 0.585. The highest BCUT2D eigenvalue weighted by Gasteiger charge is 2.48. The summed E-state index contributed by atoms with van der Waals surface area (Å²) in [6, 6.07) is 3.55. The third kappa shape index (κ3) is 3.29. The summed E-state index contributed by atoms with van der Waals surface area (Å²) in [5.41, 5.74) is -0.474. The third-order valence-corrected chi connectivity index (χ3v) is 4.65. The van der Waals surface area contributed by atoms with Crippen molar-refractivity contribution < 1.29 is 18.7 Å². The lowest BCUT2D eigenvalue weighted by Gasteiger charge is -2.18. The van der Waals surface area contributed by atoms with E-state index >= 15 is 0 Å². The molecular formula is C16H18N2O4S. The van der Waals surface area contributed by atoms with Gasteiger partial charge in [0.2, 0.25) is 0 Å². The topological polar surface area (TPSA) is 81.4 Å². The van der Waals surface area contributed by atoms with Crippen LogP contribution >= 0.6 is 11.3 Å². The molecule has 1 saturated carbocycles. The van der Waals surface area contributed by atoms with Crippen molar-refractivity contribution >= 4 is 28.8 Å². The lowest BCUT2D eigenvalue weighted by Crippen LogP contribution is -2.27. The minimum Gasteiger partial charge on any atom is -0.463 e. The van der Waals surface area contributed by atoms with Gasteiger partial charge in [0.15, 0.2) is 10.9 Å². The standard InChI is InChI=1S/C16H18N2O4S/c1-15(2,3)22-14(20)18-13-17-11(10-5-4-8-21-10)12(23-13)16(9-19)6-7-16/h4-5,8-9H,6-7H2,1-3H3,(H,17,18,20). The Morgan fingerprint density at radius 2 is 2.22 bits per heavy atom. The second-order valence-corrected chi connectivity index (χ2v) is 7.57. The Labute approximate surface area is 137 Å². The van der Waals surface area contributed by atoms with E-state index in [1.807, 2.05) is 0 Å². The van der Waals surface area contributed by atoms with E-state index in [0.717, 1.165) is 24.0 Å². The highest BCUT2D eigenvalue weighted by atomic mass is 32.1. The molecule has 2 aromatic heterocycles. The van der Waals surface area contributed by atoms with Crippen molar-refractivity contribution in [2.45, 2.75) is 44.6 Å². The van der Waals surface area contributed by atoms with Crippen molar-refractivity contribution in [3.05, 3.63) is 23.3 Å². The van der Waals surface area contributed by atoms with Gasteiger partial charge < -0.3 is 13.9 Å². The zero-order chi connectivity index (χ0) is 16.7. The summed E-state index contributed by atoms with van der Waals surface area (Å²) in [6.07, 6.45) is 3.53. The molecule has 0 unspecified atom stereocenters. The molecule has 1 aliphatic carbocycles. The molecule has 3 rings (SSSR count). The van der Waals surface area contributed by atoms with Gasteiger partial charge in [0.05, 0.1) is 16.6 Å². The molecule has 6 nitrogen and oxygen atoms in total. The first-order valence-electron chi connectivity index (χ1n) is 7.34. The number of amides is 1. The summed E-state index contributed by atoms with van der Waals surface area (Å²) in [5, 5.41) is 3.03. The molecule has 1 N–H and O–H groups in total. The summed E-state index contributed by atoms with van der Waals surface area (Å²) < 4.78 is 10.6. The summed E-state index contributed by atoms with van der Waals surface area (Å²) in [7, 11) is 0. The Kier molecular flexibility index (Phi) is 3.75. The molecule has 122 valence electrons. The van der Waals surface area contributed by atoms with Crippen molar-refractivity contribution in [3.8, 4) is 11.5 Å². The normalized spacial score (nSPS) is 16.0. The zero-order valence-corrected chi connectivity index (χ0v) is 14.0. The van der Waals surface area contributed by atoms with E-state index in [1.54, 1.807) is 39.2 Å². The van der Waals surface area contributed by atoms with Gasteiger partial charge >= 0.3 is 6.09 Å². The van der Waals surface area contributed by atoms with E-state index in [4.69, 9.17) is 9.15 Å². The number of carbonyl (C=O) groups excluding carboxylic acids is 2. The number of rotatable bonds is 4. The first kappa shape index (κ1) is 15.7. The smallest absolute Gasteiger partial charge is 0.413 e. The number of furan rings is 1. The van der Waals surface area contributed by atoms with Crippen LogP contribution in [0.3, 0.4) is 0 Å². The fraction of sp³-hybridized carbons (Fsp3) is 0.438. The minimum absolute atomic E-state index is 0.397. The summed E-state index contributed by atoms with van der Waals surface area (Å²) >= 11 is 1.29. The number of carbonyl (C=O) groups is 2. The molecule has 0 radical (unpaired) electrons. The maximum Gasteiger partial charge on any atom is 0.413 e. The minimum atomic E-state index is -0.589. The van der Waals surface area contributed by atoms with E-state index < -0.39 is 17.1 Å². The van der Waals surface area contributed by atoms with Crippen LogP contribution in [0.5, 0.6) is 0 Å². The van der Waals surface area contributed by atoms with Crippen molar-refractivity contribution in [1.82, 2.24) is 4.98 Å². The summed E-state index contributed by atoms with van der Waals surface area (Å²) in [6.45, 7) is 5.37. The number of aldehydes is 1. The van der Waals surface area contributed by atoms with Gasteiger partial charge in [-0.25, -0.2) is 9.78 Å². The molecule has 7 heteroatoms. The zero-order valence-electron chi connectivity index (χ0n) is 13.2. The largest absolute Gasteiger partial charge is 0.463 e. The van der Waals surface area contributed by atoms with Crippen molar-refractivity contribution in [2.75, 3.05) is 5.32 Å². The molecule has 0 saturated heterocycles. The van der Waals surface area contributed by atoms with E-state index in [2.05, 4.69) is 10.3 Å². The molecular weight excluding hydrogens is 316 g/mol. The van der Waals surface area contributed by atoms with Gasteiger partial charge in [-0.15, -0.1) is 0 Å². The van der Waals surface area contributed by atoms with E-state index in [9.17, 15) is 9.59 Å². The van der Waals surface area contributed by atoms with Crippen LogP contribution in [0.15, 0.2) is 22.8 Å². The monoisotopic (exact) mass is 334 g/mol. The Bertz CT molecular complexity index is 724. The quantitative estimate of drug-likeness (QED) is 0.855. The first-order valence-corrected chi connectivity index (χ1v) is 8.16. The Morgan fingerprint density at radius 3 is 2.74 bits per heavy atom. The number of hydrogen-bond acceptors (Lipinski definition) is 6. The summed E-state index contributed by atoms with van der Waals surface area (Å²) in [4.78, 5) is 28.6. The molecule has 0 bridgehead atoms. The molecule has 0 atom stereocenters. The number of aromatic nitrogens is 1. The van der Waals surface area contributed by atoms with Gasteiger partial charge in [0.25, 0.3) is 0 Å². The maximum absolute atomic E-state index is 11.9. The highest BCUT2D eigenvalue weighted by molar-refractivity contribution is 7.16.